The number of carbonyl (C=O) groups is 1. The number of hydrogen-bond acceptors (Lipinski definition) is 8. The molecular formula is C36H36ClN7O4S. The molecule has 0 aliphatic heterocycles. The van der Waals surface area contributed by atoms with Crippen LogP contribution in [0.2, 0.25) is 5.02 Å². The van der Waals surface area contributed by atoms with E-state index >= 15 is 0 Å². The molecule has 11 nitrogen and oxygen atoms in total. The number of aromatic nitrogens is 5. The first kappa shape index (κ1) is 33.8. The second-order valence-electron chi connectivity index (χ2n) is 11.9. The average molecular weight is 698 g/mol. The fourth-order valence-electron chi connectivity index (χ4n) is 5.02. The molecular weight excluding hydrogens is 662 g/mol. The molecule has 2 amide bonds. The Morgan fingerprint density at radius 2 is 1.82 bits per heavy atom. The maximum atomic E-state index is 13.3. The highest BCUT2D eigenvalue weighted by molar-refractivity contribution is 7.99. The average Bonchev–Trinajstić information content (AvgIpc) is 3.73. The van der Waals surface area contributed by atoms with Crippen LogP contribution in [0.4, 0.5) is 10.6 Å². The van der Waals surface area contributed by atoms with Gasteiger partial charge in [-0.2, -0.15) is 5.10 Å². The number of hydrogen-bond donors (Lipinski definition) is 4. The largest absolute Gasteiger partial charge is 0.506 e. The monoisotopic (exact) mass is 697 g/mol. The van der Waals surface area contributed by atoms with Crippen molar-refractivity contribution in [3.63, 3.8) is 0 Å². The van der Waals surface area contributed by atoms with Crippen molar-refractivity contribution in [2.45, 2.75) is 48.9 Å². The smallest absolute Gasteiger partial charge is 0.320 e. The normalized spacial score (nSPS) is 11.5. The predicted octanol–water partition coefficient (Wildman–Crippen LogP) is 7.47. The van der Waals surface area contributed by atoms with Crippen LogP contribution in [-0.2, 0) is 12.0 Å². The summed E-state index contributed by atoms with van der Waals surface area (Å²) in [6, 6.07) is 25.6. The summed E-state index contributed by atoms with van der Waals surface area (Å²) in [4.78, 5) is 15.2. The summed E-state index contributed by atoms with van der Waals surface area (Å²) in [5, 5.41) is 38.9. The van der Waals surface area contributed by atoms with Crippen molar-refractivity contribution in [3.8, 4) is 28.6 Å². The van der Waals surface area contributed by atoms with Gasteiger partial charge in [-0.15, -0.1) is 10.2 Å². The van der Waals surface area contributed by atoms with Crippen molar-refractivity contribution in [1.82, 2.24) is 29.7 Å². The number of fused-ring (bicyclic) bond motifs is 1. The highest BCUT2D eigenvalue weighted by Crippen LogP contribution is 2.33. The van der Waals surface area contributed by atoms with E-state index < -0.39 is 6.03 Å². The molecule has 3 heterocycles. The number of aliphatic hydroxyl groups excluding tert-OH is 1. The van der Waals surface area contributed by atoms with Gasteiger partial charge in [-0.25, -0.2) is 9.48 Å². The van der Waals surface area contributed by atoms with E-state index in [1.165, 1.54) is 6.07 Å². The summed E-state index contributed by atoms with van der Waals surface area (Å²) < 4.78 is 9.02. The van der Waals surface area contributed by atoms with Crippen molar-refractivity contribution in [2.24, 2.45) is 0 Å². The minimum Gasteiger partial charge on any atom is -0.506 e. The van der Waals surface area contributed by atoms with Crippen molar-refractivity contribution in [1.29, 1.82) is 0 Å². The van der Waals surface area contributed by atoms with Crippen molar-refractivity contribution in [3.05, 3.63) is 107 Å². The third-order valence-electron chi connectivity index (χ3n) is 8.19. The van der Waals surface area contributed by atoms with E-state index in [-0.39, 0.29) is 35.9 Å². The molecule has 0 fully saturated rings. The first-order valence-corrected chi connectivity index (χ1v) is 16.9. The third-order valence-corrected chi connectivity index (χ3v) is 9.61. The Labute approximate surface area is 292 Å². The molecule has 252 valence electrons. The lowest BCUT2D eigenvalue weighted by atomic mass is 9.87. The zero-order chi connectivity index (χ0) is 34.5. The Hall–Kier alpha value is -5.04. The zero-order valence-corrected chi connectivity index (χ0v) is 28.8. The number of nitrogens with one attached hydrogen (secondary N) is 2. The number of nitrogens with zero attached hydrogens (tertiary/aromatic N) is 5. The quantitative estimate of drug-likeness (QED) is 0.103. The summed E-state index contributed by atoms with van der Waals surface area (Å²) in [5.74, 6) is 1.74. The van der Waals surface area contributed by atoms with Crippen LogP contribution in [0.15, 0.2) is 101 Å². The highest BCUT2D eigenvalue weighted by Gasteiger charge is 2.25. The standard InChI is InChI=1S/C36H36ClN7O4S/c1-4-36(2,3)31-20-33(44(42-31)25-11-15-28(37)29(46)19-25)39-35(47)38-21-24-7-5-6-8-30(24)49-27-14-16-32-40-41-34(43(32)22-27)23-9-12-26(13-10-23)48-18-17-45/h5-16,19-20,22,45-46H,4,17-18,21H2,1-3H3,(H2,38,39,47). The van der Waals surface area contributed by atoms with Crippen LogP contribution in [0.3, 0.4) is 0 Å². The Kier molecular flexibility index (Phi) is 10.1. The van der Waals surface area contributed by atoms with E-state index in [4.69, 9.17) is 26.5 Å². The summed E-state index contributed by atoms with van der Waals surface area (Å²) in [7, 11) is 0. The minimum atomic E-state index is -0.400. The molecule has 0 unspecified atom stereocenters. The molecule has 0 bridgehead atoms. The number of amides is 2. The Morgan fingerprint density at radius 3 is 2.57 bits per heavy atom. The molecule has 0 saturated carbocycles. The number of phenols is 1. The number of pyridine rings is 1. The fourth-order valence-corrected chi connectivity index (χ4v) is 6.10. The van der Waals surface area contributed by atoms with Gasteiger partial charge in [0.2, 0.25) is 0 Å². The summed E-state index contributed by atoms with van der Waals surface area (Å²) in [5.41, 5.74) is 3.66. The molecule has 0 aliphatic rings. The zero-order valence-electron chi connectivity index (χ0n) is 27.2. The number of anilines is 1. The Balaban J connectivity index is 1.18. The highest BCUT2D eigenvalue weighted by atomic mass is 35.5. The van der Waals surface area contributed by atoms with Crippen molar-refractivity contribution in [2.75, 3.05) is 18.5 Å². The Bertz CT molecular complexity index is 2100. The van der Waals surface area contributed by atoms with Gasteiger partial charge in [0.1, 0.15) is 23.9 Å². The Morgan fingerprint density at radius 1 is 1.02 bits per heavy atom. The van der Waals surface area contributed by atoms with Gasteiger partial charge < -0.3 is 20.3 Å². The molecule has 49 heavy (non-hydrogen) atoms. The number of halogens is 1. The summed E-state index contributed by atoms with van der Waals surface area (Å²) in [6.07, 6.45) is 2.84. The van der Waals surface area contributed by atoms with E-state index in [2.05, 4.69) is 41.6 Å². The van der Waals surface area contributed by atoms with Gasteiger partial charge in [-0.1, -0.05) is 62.3 Å². The number of benzene rings is 3. The number of urea groups is 1. The minimum absolute atomic E-state index is 0.0494. The van der Waals surface area contributed by atoms with Crippen LogP contribution in [0.5, 0.6) is 11.5 Å². The first-order valence-electron chi connectivity index (χ1n) is 15.7. The second kappa shape index (κ2) is 14.6. The maximum absolute atomic E-state index is 13.3. The van der Waals surface area contributed by atoms with E-state index in [1.54, 1.807) is 28.6 Å². The SMILES string of the molecule is CCC(C)(C)c1cc(NC(=O)NCc2ccccc2Sc2ccc3nnc(-c4ccc(OCCO)cc4)n3c2)n(-c2ccc(Cl)c(O)c2)n1. The van der Waals surface area contributed by atoms with Crippen LogP contribution in [0.25, 0.3) is 22.7 Å². The molecule has 0 aliphatic carbocycles. The van der Waals surface area contributed by atoms with Gasteiger partial charge in [-0.05, 0) is 66.6 Å². The van der Waals surface area contributed by atoms with Gasteiger partial charge in [0.05, 0.1) is 23.0 Å². The maximum Gasteiger partial charge on any atom is 0.320 e. The summed E-state index contributed by atoms with van der Waals surface area (Å²) in [6.45, 7) is 6.73. The van der Waals surface area contributed by atoms with E-state index in [0.29, 0.717) is 28.7 Å². The molecule has 6 aromatic rings. The molecule has 13 heteroatoms. The van der Waals surface area contributed by atoms with Crippen LogP contribution in [-0.4, -0.2) is 53.8 Å². The number of aliphatic hydroxyl groups is 1. The predicted molar refractivity (Wildman–Crippen MR) is 191 cm³/mol. The second-order valence-corrected chi connectivity index (χ2v) is 13.5. The lowest BCUT2D eigenvalue weighted by Gasteiger charge is -2.19. The fraction of sp³-hybridized carbons (Fsp3) is 0.222. The number of rotatable bonds is 12. The van der Waals surface area contributed by atoms with E-state index in [1.807, 2.05) is 77.3 Å². The van der Waals surface area contributed by atoms with Gasteiger partial charge in [0.25, 0.3) is 0 Å². The molecule has 0 atom stereocenters. The van der Waals surface area contributed by atoms with Crippen LogP contribution < -0.4 is 15.4 Å². The molecule has 0 spiro atoms. The van der Waals surface area contributed by atoms with Gasteiger partial charge in [0, 0.05) is 45.6 Å². The molecule has 3 aromatic heterocycles. The number of phenolic OH excluding ortho intramolecular Hbond substituents is 1. The van der Waals surface area contributed by atoms with Gasteiger partial charge in [-0.3, -0.25) is 9.72 Å². The first-order chi connectivity index (χ1) is 23.6. The third kappa shape index (κ3) is 7.67. The summed E-state index contributed by atoms with van der Waals surface area (Å²) >= 11 is 7.62. The van der Waals surface area contributed by atoms with Crippen molar-refractivity contribution < 1.29 is 19.7 Å². The molecule has 3 aromatic carbocycles. The van der Waals surface area contributed by atoms with Crippen molar-refractivity contribution >= 4 is 40.9 Å². The van der Waals surface area contributed by atoms with Crippen LogP contribution in [0, 0.1) is 0 Å². The van der Waals surface area contributed by atoms with E-state index in [9.17, 15) is 9.90 Å². The molecule has 0 radical (unpaired) electrons. The van der Waals surface area contributed by atoms with Crippen LogP contribution >= 0.6 is 23.4 Å². The van der Waals surface area contributed by atoms with Gasteiger partial charge in [0.15, 0.2) is 11.5 Å². The van der Waals surface area contributed by atoms with E-state index in [0.717, 1.165) is 33.0 Å². The topological polar surface area (TPSA) is 139 Å². The number of ether oxygens (including phenoxy) is 1. The number of aromatic hydroxyl groups is 1. The van der Waals surface area contributed by atoms with Gasteiger partial charge >= 0.3 is 6.03 Å². The molecule has 0 saturated heterocycles. The number of carbonyl (C=O) groups excluding carboxylic acids is 1. The molecule has 4 N–H and O–H groups in total. The lowest BCUT2D eigenvalue weighted by molar-refractivity contribution is 0.201. The lowest BCUT2D eigenvalue weighted by Crippen LogP contribution is -2.29. The van der Waals surface area contributed by atoms with Crippen LogP contribution in [0.1, 0.15) is 38.4 Å². The molecule has 6 rings (SSSR count).